The SMILES string of the molecule is CC(C)(C)n1c(-c2ccsc2N)nc2cnccc21. The lowest BCUT2D eigenvalue weighted by molar-refractivity contribution is 0.413. The fraction of sp³-hybridized carbons (Fsp3) is 0.286. The van der Waals surface area contributed by atoms with Gasteiger partial charge in [0.25, 0.3) is 0 Å². The largest absolute Gasteiger partial charge is 0.390 e. The second-order valence-corrected chi connectivity index (χ2v) is 6.45. The van der Waals surface area contributed by atoms with Gasteiger partial charge in [-0.05, 0) is 38.3 Å². The number of pyridine rings is 1. The van der Waals surface area contributed by atoms with Gasteiger partial charge in [-0.25, -0.2) is 4.98 Å². The van der Waals surface area contributed by atoms with Gasteiger partial charge >= 0.3 is 0 Å². The van der Waals surface area contributed by atoms with Crippen LogP contribution in [0.3, 0.4) is 0 Å². The van der Waals surface area contributed by atoms with Crippen molar-refractivity contribution in [1.29, 1.82) is 0 Å². The summed E-state index contributed by atoms with van der Waals surface area (Å²) in [5.74, 6) is 0.911. The van der Waals surface area contributed by atoms with Gasteiger partial charge in [0.2, 0.25) is 0 Å². The van der Waals surface area contributed by atoms with E-state index in [1.165, 1.54) is 11.3 Å². The molecular formula is C14H16N4S. The molecule has 0 aliphatic carbocycles. The third kappa shape index (κ3) is 1.90. The van der Waals surface area contributed by atoms with Gasteiger partial charge in [-0.2, -0.15) is 0 Å². The molecule has 0 aliphatic rings. The molecule has 0 saturated heterocycles. The Labute approximate surface area is 115 Å². The van der Waals surface area contributed by atoms with Gasteiger partial charge in [-0.15, -0.1) is 11.3 Å². The molecular weight excluding hydrogens is 256 g/mol. The number of imidazole rings is 1. The van der Waals surface area contributed by atoms with E-state index in [2.05, 4.69) is 30.3 Å². The molecule has 0 radical (unpaired) electrons. The van der Waals surface area contributed by atoms with Crippen LogP contribution in [0.25, 0.3) is 22.4 Å². The predicted octanol–water partition coefficient (Wildman–Crippen LogP) is 3.50. The minimum Gasteiger partial charge on any atom is -0.390 e. The van der Waals surface area contributed by atoms with Crippen molar-refractivity contribution >= 4 is 27.4 Å². The summed E-state index contributed by atoms with van der Waals surface area (Å²) >= 11 is 1.54. The van der Waals surface area contributed by atoms with E-state index < -0.39 is 0 Å². The van der Waals surface area contributed by atoms with E-state index in [1.807, 2.05) is 17.5 Å². The summed E-state index contributed by atoms with van der Waals surface area (Å²) in [7, 11) is 0. The highest BCUT2D eigenvalue weighted by atomic mass is 32.1. The zero-order valence-electron chi connectivity index (χ0n) is 11.2. The van der Waals surface area contributed by atoms with E-state index in [9.17, 15) is 0 Å². The molecule has 3 rings (SSSR count). The predicted molar refractivity (Wildman–Crippen MR) is 80.2 cm³/mol. The third-order valence-electron chi connectivity index (χ3n) is 3.06. The molecule has 0 saturated carbocycles. The molecule has 3 heterocycles. The summed E-state index contributed by atoms with van der Waals surface area (Å²) in [6.07, 6.45) is 3.59. The van der Waals surface area contributed by atoms with Crippen molar-refractivity contribution < 1.29 is 0 Å². The first-order chi connectivity index (χ1) is 8.98. The van der Waals surface area contributed by atoms with Crippen LogP contribution in [0.1, 0.15) is 20.8 Å². The van der Waals surface area contributed by atoms with Crippen molar-refractivity contribution in [3.8, 4) is 11.4 Å². The number of fused-ring (bicyclic) bond motifs is 1. The summed E-state index contributed by atoms with van der Waals surface area (Å²) in [6, 6.07) is 4.02. The molecule has 19 heavy (non-hydrogen) atoms. The average Bonchev–Trinajstić information content (AvgIpc) is 2.90. The van der Waals surface area contributed by atoms with Crippen LogP contribution in [0.4, 0.5) is 5.00 Å². The number of nitrogen functional groups attached to an aromatic ring is 1. The Morgan fingerprint density at radius 3 is 2.68 bits per heavy atom. The molecule has 0 atom stereocenters. The normalized spacial score (nSPS) is 12.2. The molecule has 0 unspecified atom stereocenters. The van der Waals surface area contributed by atoms with Crippen LogP contribution in [-0.2, 0) is 5.54 Å². The molecule has 0 aromatic carbocycles. The number of anilines is 1. The maximum absolute atomic E-state index is 6.06. The average molecular weight is 272 g/mol. The Morgan fingerprint density at radius 1 is 1.26 bits per heavy atom. The third-order valence-corrected chi connectivity index (χ3v) is 3.81. The van der Waals surface area contributed by atoms with Gasteiger partial charge < -0.3 is 10.3 Å². The molecule has 5 heteroatoms. The van der Waals surface area contributed by atoms with Gasteiger partial charge in [0, 0.05) is 11.7 Å². The van der Waals surface area contributed by atoms with Crippen LogP contribution in [-0.4, -0.2) is 14.5 Å². The molecule has 0 bridgehead atoms. The van der Waals surface area contributed by atoms with E-state index >= 15 is 0 Å². The molecule has 2 N–H and O–H groups in total. The monoisotopic (exact) mass is 272 g/mol. The van der Waals surface area contributed by atoms with Crippen molar-refractivity contribution in [3.05, 3.63) is 29.9 Å². The fourth-order valence-electron chi connectivity index (χ4n) is 2.30. The summed E-state index contributed by atoms with van der Waals surface area (Å²) < 4.78 is 2.22. The van der Waals surface area contributed by atoms with Crippen LogP contribution < -0.4 is 5.73 Å². The summed E-state index contributed by atoms with van der Waals surface area (Å²) in [6.45, 7) is 6.50. The lowest BCUT2D eigenvalue weighted by atomic mass is 10.1. The highest BCUT2D eigenvalue weighted by molar-refractivity contribution is 7.14. The highest BCUT2D eigenvalue weighted by Gasteiger charge is 2.23. The van der Waals surface area contributed by atoms with E-state index in [0.29, 0.717) is 0 Å². The maximum Gasteiger partial charge on any atom is 0.144 e. The molecule has 0 spiro atoms. The van der Waals surface area contributed by atoms with Crippen LogP contribution in [0.2, 0.25) is 0 Å². The molecule has 0 aliphatic heterocycles. The standard InChI is InChI=1S/C14H16N4S/c1-14(2,3)18-11-4-6-16-8-10(11)17-13(18)9-5-7-19-12(9)15/h4-8H,15H2,1-3H3. The van der Waals surface area contributed by atoms with Crippen molar-refractivity contribution in [3.63, 3.8) is 0 Å². The Morgan fingerprint density at radius 2 is 2.05 bits per heavy atom. The first kappa shape index (κ1) is 12.2. The van der Waals surface area contributed by atoms with E-state index in [0.717, 1.165) is 27.4 Å². The zero-order chi connectivity index (χ0) is 13.6. The number of aromatic nitrogens is 3. The van der Waals surface area contributed by atoms with Crippen LogP contribution in [0.15, 0.2) is 29.9 Å². The van der Waals surface area contributed by atoms with Gasteiger partial charge in [0.1, 0.15) is 11.3 Å². The molecule has 3 aromatic rings. The summed E-state index contributed by atoms with van der Waals surface area (Å²) in [5.41, 5.74) is 8.97. The second-order valence-electron chi connectivity index (χ2n) is 5.50. The molecule has 3 aromatic heterocycles. The summed E-state index contributed by atoms with van der Waals surface area (Å²) in [5, 5.41) is 2.80. The van der Waals surface area contributed by atoms with Crippen LogP contribution in [0, 0.1) is 0 Å². The van der Waals surface area contributed by atoms with E-state index in [4.69, 9.17) is 10.7 Å². The van der Waals surface area contributed by atoms with Crippen molar-refractivity contribution in [2.75, 3.05) is 5.73 Å². The Kier molecular flexibility index (Phi) is 2.60. The van der Waals surface area contributed by atoms with Crippen molar-refractivity contribution in [2.24, 2.45) is 0 Å². The first-order valence-corrected chi connectivity index (χ1v) is 7.03. The van der Waals surface area contributed by atoms with E-state index in [-0.39, 0.29) is 5.54 Å². The first-order valence-electron chi connectivity index (χ1n) is 6.15. The number of hydrogen-bond donors (Lipinski definition) is 1. The van der Waals surface area contributed by atoms with E-state index in [1.54, 1.807) is 12.4 Å². The topological polar surface area (TPSA) is 56.7 Å². The maximum atomic E-state index is 6.06. The second kappa shape index (κ2) is 4.06. The van der Waals surface area contributed by atoms with Crippen molar-refractivity contribution in [1.82, 2.24) is 14.5 Å². The van der Waals surface area contributed by atoms with Gasteiger partial charge in [-0.3, -0.25) is 4.98 Å². The van der Waals surface area contributed by atoms with Crippen LogP contribution >= 0.6 is 11.3 Å². The van der Waals surface area contributed by atoms with Gasteiger partial charge in [0.05, 0.1) is 22.3 Å². The smallest absolute Gasteiger partial charge is 0.144 e. The lowest BCUT2D eigenvalue weighted by Crippen LogP contribution is -2.22. The number of nitrogens with two attached hydrogens (primary N) is 1. The molecule has 0 fully saturated rings. The summed E-state index contributed by atoms with van der Waals surface area (Å²) in [4.78, 5) is 8.86. The Bertz CT molecular complexity index is 733. The van der Waals surface area contributed by atoms with Crippen LogP contribution in [0.5, 0.6) is 0 Å². The Hall–Kier alpha value is -1.88. The Balaban J connectivity index is 2.39. The quantitative estimate of drug-likeness (QED) is 0.737. The van der Waals surface area contributed by atoms with Crippen molar-refractivity contribution in [2.45, 2.75) is 26.3 Å². The number of thiophene rings is 1. The number of nitrogens with zero attached hydrogens (tertiary/aromatic N) is 3. The van der Waals surface area contributed by atoms with Gasteiger partial charge in [-0.1, -0.05) is 0 Å². The highest BCUT2D eigenvalue weighted by Crippen LogP contribution is 2.35. The van der Waals surface area contributed by atoms with Gasteiger partial charge in [0.15, 0.2) is 0 Å². The number of rotatable bonds is 1. The zero-order valence-corrected chi connectivity index (χ0v) is 12.0. The number of hydrogen-bond acceptors (Lipinski definition) is 4. The minimum absolute atomic E-state index is 0.0696. The fourth-order valence-corrected chi connectivity index (χ4v) is 2.93. The lowest BCUT2D eigenvalue weighted by Gasteiger charge is -2.24. The minimum atomic E-state index is -0.0696. The molecule has 98 valence electrons. The molecule has 4 nitrogen and oxygen atoms in total. The molecule has 0 amide bonds.